The maximum atomic E-state index is 12.9. The minimum absolute atomic E-state index is 0.0367. The van der Waals surface area contributed by atoms with E-state index in [2.05, 4.69) is 23.3 Å². The first-order valence-corrected chi connectivity index (χ1v) is 9.61. The highest BCUT2D eigenvalue weighted by molar-refractivity contribution is 7.80. The van der Waals surface area contributed by atoms with Crippen molar-refractivity contribution in [3.05, 3.63) is 0 Å². The van der Waals surface area contributed by atoms with E-state index in [1.54, 1.807) is 0 Å². The fourth-order valence-corrected chi connectivity index (χ4v) is 3.07. The number of carbonyl (C=O) groups excluding carboxylic acids is 4. The third kappa shape index (κ3) is 7.18. The molecule has 14 heteroatoms. The van der Waals surface area contributed by atoms with Crippen molar-refractivity contribution in [2.45, 2.75) is 49.9 Å². The highest BCUT2D eigenvalue weighted by Crippen LogP contribution is 2.20. The van der Waals surface area contributed by atoms with Crippen LogP contribution in [-0.4, -0.2) is 87.1 Å². The maximum absolute atomic E-state index is 12.9. The van der Waals surface area contributed by atoms with E-state index in [4.69, 9.17) is 21.7 Å². The van der Waals surface area contributed by atoms with Gasteiger partial charge in [0.25, 0.3) is 0 Å². The summed E-state index contributed by atoms with van der Waals surface area (Å²) in [5.74, 6) is -6.25. The van der Waals surface area contributed by atoms with Gasteiger partial charge in [-0.05, 0) is 12.8 Å². The smallest absolute Gasteiger partial charge is 0.326 e. The molecule has 1 aliphatic heterocycles. The molecule has 1 saturated heterocycles. The van der Waals surface area contributed by atoms with Crippen LogP contribution < -0.4 is 22.1 Å². The number of thiol groups is 1. The SMILES string of the molecule is NC(=O)CC(NC(=O)C1CCCN1C(=O)C(CC(=O)O)NC(=O)C(N)CS)C(=O)O. The summed E-state index contributed by atoms with van der Waals surface area (Å²) in [4.78, 5) is 71.8. The van der Waals surface area contributed by atoms with E-state index in [0.717, 1.165) is 4.90 Å². The number of amides is 4. The fraction of sp³-hybridized carbons (Fsp3) is 0.625. The zero-order chi connectivity index (χ0) is 23.0. The lowest BCUT2D eigenvalue weighted by atomic mass is 10.1. The zero-order valence-corrected chi connectivity index (χ0v) is 16.8. The van der Waals surface area contributed by atoms with Gasteiger partial charge in [0.1, 0.15) is 18.1 Å². The minimum atomic E-state index is -1.57. The van der Waals surface area contributed by atoms with Crippen LogP contribution in [0.5, 0.6) is 0 Å². The highest BCUT2D eigenvalue weighted by Gasteiger charge is 2.39. The van der Waals surface area contributed by atoms with E-state index in [-0.39, 0.29) is 18.7 Å². The number of carboxylic acids is 2. The van der Waals surface area contributed by atoms with Crippen molar-refractivity contribution < 1.29 is 39.0 Å². The molecule has 0 aromatic rings. The Morgan fingerprint density at radius 1 is 1.07 bits per heavy atom. The molecule has 1 rings (SSSR count). The summed E-state index contributed by atoms with van der Waals surface area (Å²) in [7, 11) is 0. The van der Waals surface area contributed by atoms with Crippen molar-refractivity contribution in [1.82, 2.24) is 15.5 Å². The molecule has 0 spiro atoms. The van der Waals surface area contributed by atoms with Crippen molar-refractivity contribution in [3.63, 3.8) is 0 Å². The second-order valence-corrected chi connectivity index (χ2v) is 7.07. The van der Waals surface area contributed by atoms with Gasteiger partial charge < -0.3 is 37.2 Å². The lowest BCUT2D eigenvalue weighted by molar-refractivity contribution is -0.147. The van der Waals surface area contributed by atoms with Crippen LogP contribution in [0.4, 0.5) is 0 Å². The summed E-state index contributed by atoms with van der Waals surface area (Å²) in [6, 6.07) is -5.22. The summed E-state index contributed by atoms with van der Waals surface area (Å²) < 4.78 is 0. The molecule has 4 unspecified atom stereocenters. The molecule has 0 aromatic carbocycles. The normalized spacial score (nSPS) is 18.7. The molecule has 1 aliphatic rings. The molecule has 0 saturated carbocycles. The first-order chi connectivity index (χ1) is 14.0. The first-order valence-electron chi connectivity index (χ1n) is 8.98. The van der Waals surface area contributed by atoms with Crippen LogP contribution in [0.2, 0.25) is 0 Å². The lowest BCUT2D eigenvalue weighted by Gasteiger charge is -2.29. The highest BCUT2D eigenvalue weighted by atomic mass is 32.1. The molecule has 4 atom stereocenters. The second kappa shape index (κ2) is 11.3. The van der Waals surface area contributed by atoms with Crippen molar-refractivity contribution in [2.75, 3.05) is 12.3 Å². The molecule has 4 amide bonds. The van der Waals surface area contributed by atoms with Crippen LogP contribution in [0.15, 0.2) is 0 Å². The Balaban J connectivity index is 2.96. The predicted octanol–water partition coefficient (Wildman–Crippen LogP) is -3.36. The molecule has 0 radical (unpaired) electrons. The molecular formula is C16H25N5O8S. The van der Waals surface area contributed by atoms with E-state index in [1.165, 1.54) is 0 Å². The number of aliphatic carboxylic acids is 2. The van der Waals surface area contributed by atoms with Crippen molar-refractivity contribution in [2.24, 2.45) is 11.5 Å². The van der Waals surface area contributed by atoms with Crippen LogP contribution in [0.1, 0.15) is 25.7 Å². The average Bonchev–Trinajstić information content (AvgIpc) is 3.14. The standard InChI is InChI=1S/C16H25N5O8S/c17-7(6-30)13(25)19-8(5-12(23)24)15(27)21-3-1-2-10(21)14(26)20-9(16(28)29)4-11(18)22/h7-10,30H,1-6,17H2,(H2,18,22)(H,19,25)(H,20,26)(H,23,24)(H,28,29). The number of hydrogen-bond donors (Lipinski definition) is 7. The number of nitrogens with zero attached hydrogens (tertiary/aromatic N) is 1. The van der Waals surface area contributed by atoms with Gasteiger partial charge in [-0.3, -0.25) is 24.0 Å². The van der Waals surface area contributed by atoms with Crippen molar-refractivity contribution in [1.29, 1.82) is 0 Å². The Hall–Kier alpha value is -2.87. The quantitative estimate of drug-likeness (QED) is 0.157. The number of primary amides is 1. The summed E-state index contributed by atoms with van der Waals surface area (Å²) in [6.45, 7) is 0.0923. The van der Waals surface area contributed by atoms with Gasteiger partial charge in [-0.25, -0.2) is 4.79 Å². The van der Waals surface area contributed by atoms with Gasteiger partial charge in [0.2, 0.25) is 23.6 Å². The van der Waals surface area contributed by atoms with Gasteiger partial charge in [-0.2, -0.15) is 12.6 Å². The number of nitrogens with two attached hydrogens (primary N) is 2. The number of nitrogens with one attached hydrogen (secondary N) is 2. The average molecular weight is 447 g/mol. The number of rotatable bonds is 11. The monoisotopic (exact) mass is 447 g/mol. The molecule has 0 aromatic heterocycles. The Morgan fingerprint density at radius 3 is 2.20 bits per heavy atom. The van der Waals surface area contributed by atoms with Gasteiger partial charge in [0.15, 0.2) is 0 Å². The Kier molecular flexibility index (Phi) is 9.52. The Morgan fingerprint density at radius 2 is 1.70 bits per heavy atom. The summed E-state index contributed by atoms with van der Waals surface area (Å²) in [6.07, 6.45) is -0.805. The molecule has 1 heterocycles. The molecule has 168 valence electrons. The molecule has 13 nitrogen and oxygen atoms in total. The molecule has 30 heavy (non-hydrogen) atoms. The van der Waals surface area contributed by atoms with E-state index >= 15 is 0 Å². The molecule has 8 N–H and O–H groups in total. The third-order valence-electron chi connectivity index (χ3n) is 4.39. The molecule has 0 aliphatic carbocycles. The maximum Gasteiger partial charge on any atom is 0.326 e. The predicted molar refractivity (Wildman–Crippen MR) is 104 cm³/mol. The van der Waals surface area contributed by atoms with E-state index < -0.39 is 72.6 Å². The Bertz CT molecular complexity index is 718. The topological polar surface area (TPSA) is 222 Å². The van der Waals surface area contributed by atoms with E-state index in [0.29, 0.717) is 6.42 Å². The van der Waals surface area contributed by atoms with Crippen LogP contribution in [0.3, 0.4) is 0 Å². The molecule has 0 bridgehead atoms. The van der Waals surface area contributed by atoms with E-state index in [1.807, 2.05) is 0 Å². The van der Waals surface area contributed by atoms with Gasteiger partial charge >= 0.3 is 11.9 Å². The van der Waals surface area contributed by atoms with Crippen LogP contribution >= 0.6 is 12.6 Å². The van der Waals surface area contributed by atoms with Crippen molar-refractivity contribution >= 4 is 48.2 Å². The Labute approximate surface area is 176 Å². The lowest BCUT2D eigenvalue weighted by Crippen LogP contribution is -2.57. The van der Waals surface area contributed by atoms with Crippen molar-refractivity contribution in [3.8, 4) is 0 Å². The second-order valence-electron chi connectivity index (χ2n) is 6.71. The molecule has 1 fully saturated rings. The minimum Gasteiger partial charge on any atom is -0.481 e. The summed E-state index contributed by atoms with van der Waals surface area (Å²) in [5.41, 5.74) is 10.5. The summed E-state index contributed by atoms with van der Waals surface area (Å²) in [5, 5.41) is 22.6. The molecular weight excluding hydrogens is 422 g/mol. The van der Waals surface area contributed by atoms with Gasteiger partial charge in [-0.1, -0.05) is 0 Å². The zero-order valence-electron chi connectivity index (χ0n) is 15.9. The largest absolute Gasteiger partial charge is 0.481 e. The van der Waals surface area contributed by atoms with Gasteiger partial charge in [-0.15, -0.1) is 0 Å². The number of likely N-dealkylation sites (tertiary alicyclic amines) is 1. The number of hydrogen-bond acceptors (Lipinski definition) is 8. The van der Waals surface area contributed by atoms with Gasteiger partial charge in [0, 0.05) is 12.3 Å². The van der Waals surface area contributed by atoms with E-state index in [9.17, 15) is 28.8 Å². The third-order valence-corrected chi connectivity index (χ3v) is 4.78. The van der Waals surface area contributed by atoms with Crippen LogP contribution in [0.25, 0.3) is 0 Å². The fourth-order valence-electron chi connectivity index (χ4n) is 2.91. The van der Waals surface area contributed by atoms with Crippen LogP contribution in [-0.2, 0) is 28.8 Å². The number of carboxylic acid groups (broad SMARTS) is 2. The number of carbonyl (C=O) groups is 6. The van der Waals surface area contributed by atoms with Crippen LogP contribution in [0, 0.1) is 0 Å². The van der Waals surface area contributed by atoms with Gasteiger partial charge in [0.05, 0.1) is 18.9 Å². The first kappa shape index (κ1) is 25.2. The summed E-state index contributed by atoms with van der Waals surface area (Å²) >= 11 is 3.87.